The van der Waals surface area contributed by atoms with Crippen LogP contribution in [-0.2, 0) is 4.89 Å². The summed E-state index contributed by atoms with van der Waals surface area (Å²) in [7, 11) is 0. The summed E-state index contributed by atoms with van der Waals surface area (Å²) in [6.45, 7) is 0. The molecule has 0 aliphatic rings. The van der Waals surface area contributed by atoms with Gasteiger partial charge in [0.25, 0.3) is 0 Å². The molecule has 1 aromatic rings. The molecule has 72 valence electrons. The van der Waals surface area contributed by atoms with Crippen LogP contribution in [0.15, 0.2) is 24.3 Å². The standard InChI is InChI=1S/C8H6O5.Mg.2H/c9-7(10)5-3-1-2-4-6(5)8(11)13-12;;;/h1-4,12H,(H,9,10);;;. The molecular weight excluding hydrogens is 200 g/mol. The average Bonchev–Trinajstić information content (AvgIpc) is 2.16. The number of aromatic carboxylic acids is 1. The molecule has 0 aromatic heterocycles. The van der Waals surface area contributed by atoms with Gasteiger partial charge in [-0.05, 0) is 12.1 Å². The van der Waals surface area contributed by atoms with Crippen molar-refractivity contribution in [3.05, 3.63) is 35.4 Å². The van der Waals surface area contributed by atoms with Crippen LogP contribution in [0.3, 0.4) is 0 Å². The second-order valence-electron chi connectivity index (χ2n) is 2.23. The van der Waals surface area contributed by atoms with Gasteiger partial charge < -0.3 is 5.11 Å². The van der Waals surface area contributed by atoms with Crippen molar-refractivity contribution in [2.24, 2.45) is 0 Å². The molecule has 6 heteroatoms. The molecule has 0 atom stereocenters. The van der Waals surface area contributed by atoms with Gasteiger partial charge in [-0.1, -0.05) is 12.1 Å². The van der Waals surface area contributed by atoms with Gasteiger partial charge in [-0.25, -0.2) is 9.59 Å². The number of carbonyl (C=O) groups excluding carboxylic acids is 1. The van der Waals surface area contributed by atoms with Crippen molar-refractivity contribution < 1.29 is 24.8 Å². The van der Waals surface area contributed by atoms with Gasteiger partial charge in [0, 0.05) is 0 Å². The lowest BCUT2D eigenvalue weighted by atomic mass is 10.1. The van der Waals surface area contributed by atoms with Crippen LogP contribution >= 0.6 is 0 Å². The molecule has 0 radical (unpaired) electrons. The minimum Gasteiger partial charge on any atom is -0.478 e. The van der Waals surface area contributed by atoms with E-state index in [0.29, 0.717) is 0 Å². The summed E-state index contributed by atoms with van der Waals surface area (Å²) in [6.07, 6.45) is 0. The van der Waals surface area contributed by atoms with Crippen LogP contribution < -0.4 is 0 Å². The Labute approximate surface area is 95.4 Å². The monoisotopic (exact) mass is 208 g/mol. The summed E-state index contributed by atoms with van der Waals surface area (Å²) in [5.41, 5.74) is -0.390. The summed E-state index contributed by atoms with van der Waals surface area (Å²) in [4.78, 5) is 24.8. The SMILES string of the molecule is O=C(O)c1ccccc1C(=O)OO.[MgH2]. The normalized spacial score (nSPS) is 8.64. The summed E-state index contributed by atoms with van der Waals surface area (Å²) in [6, 6.07) is 5.44. The van der Waals surface area contributed by atoms with E-state index in [2.05, 4.69) is 4.89 Å². The summed E-state index contributed by atoms with van der Waals surface area (Å²) in [5.74, 6) is -2.33. The van der Waals surface area contributed by atoms with E-state index in [1.807, 2.05) is 0 Å². The summed E-state index contributed by atoms with van der Waals surface area (Å²) in [5, 5.41) is 16.7. The average molecular weight is 208 g/mol. The van der Waals surface area contributed by atoms with Crippen LogP contribution in [0.2, 0.25) is 0 Å². The van der Waals surface area contributed by atoms with Crippen LogP contribution in [0.5, 0.6) is 0 Å². The van der Waals surface area contributed by atoms with Crippen LogP contribution in [0.25, 0.3) is 0 Å². The fourth-order valence-corrected chi connectivity index (χ4v) is 0.897. The Bertz CT molecular complexity index is 349. The lowest BCUT2D eigenvalue weighted by molar-refractivity contribution is -0.182. The molecule has 1 aromatic carbocycles. The molecule has 5 nitrogen and oxygen atoms in total. The van der Waals surface area contributed by atoms with Crippen molar-refractivity contribution in [3.8, 4) is 0 Å². The van der Waals surface area contributed by atoms with Gasteiger partial charge >= 0.3 is 35.0 Å². The van der Waals surface area contributed by atoms with Crippen molar-refractivity contribution in [1.29, 1.82) is 0 Å². The molecule has 0 aliphatic heterocycles. The van der Waals surface area contributed by atoms with E-state index in [4.69, 9.17) is 10.4 Å². The molecule has 14 heavy (non-hydrogen) atoms. The Hall–Kier alpha value is -1.11. The Morgan fingerprint density at radius 2 is 1.64 bits per heavy atom. The van der Waals surface area contributed by atoms with E-state index in [9.17, 15) is 9.59 Å². The number of carboxylic acids is 1. The molecule has 2 N–H and O–H groups in total. The maximum absolute atomic E-state index is 10.8. The number of carbonyl (C=O) groups is 2. The van der Waals surface area contributed by atoms with Gasteiger partial charge in [-0.2, -0.15) is 5.26 Å². The third kappa shape index (κ3) is 2.69. The van der Waals surface area contributed by atoms with Crippen LogP contribution in [0.4, 0.5) is 0 Å². The van der Waals surface area contributed by atoms with Crippen molar-refractivity contribution in [3.63, 3.8) is 0 Å². The molecule has 0 spiro atoms. The number of carboxylic acid groups (broad SMARTS) is 1. The topological polar surface area (TPSA) is 83.8 Å². The van der Waals surface area contributed by atoms with Crippen molar-refractivity contribution in [2.45, 2.75) is 0 Å². The van der Waals surface area contributed by atoms with Gasteiger partial charge in [-0.15, -0.1) is 0 Å². The predicted octanol–water partition coefficient (Wildman–Crippen LogP) is 0.0984. The first-order valence-corrected chi connectivity index (χ1v) is 3.35. The molecule has 0 aliphatic carbocycles. The van der Waals surface area contributed by atoms with Gasteiger partial charge in [0.05, 0.1) is 11.1 Å². The smallest absolute Gasteiger partial charge is 0.373 e. The van der Waals surface area contributed by atoms with E-state index in [1.54, 1.807) is 0 Å². The minimum atomic E-state index is -1.25. The van der Waals surface area contributed by atoms with E-state index in [1.165, 1.54) is 24.3 Å². The highest BCUT2D eigenvalue weighted by Gasteiger charge is 2.16. The number of rotatable bonds is 2. The summed E-state index contributed by atoms with van der Waals surface area (Å²) < 4.78 is 0. The molecule has 0 unspecified atom stereocenters. The molecule has 0 saturated heterocycles. The highest BCUT2D eigenvalue weighted by Crippen LogP contribution is 2.09. The van der Waals surface area contributed by atoms with E-state index < -0.39 is 11.9 Å². The first-order chi connectivity index (χ1) is 6.16. The Morgan fingerprint density at radius 1 is 1.14 bits per heavy atom. The Balaban J connectivity index is 0.00000169. The van der Waals surface area contributed by atoms with Crippen LogP contribution in [0, 0.1) is 0 Å². The summed E-state index contributed by atoms with van der Waals surface area (Å²) >= 11 is 0. The molecule has 0 amide bonds. The molecule has 0 bridgehead atoms. The van der Waals surface area contributed by atoms with Crippen LogP contribution in [0.1, 0.15) is 20.7 Å². The lowest BCUT2D eigenvalue weighted by Gasteiger charge is -2.00. The zero-order chi connectivity index (χ0) is 9.84. The fraction of sp³-hybridized carbons (Fsp3) is 0. The highest BCUT2D eigenvalue weighted by atomic mass is 24.3. The number of benzene rings is 1. The lowest BCUT2D eigenvalue weighted by Crippen LogP contribution is -2.09. The van der Waals surface area contributed by atoms with Gasteiger partial charge in [-0.3, -0.25) is 4.89 Å². The Kier molecular flexibility index (Phi) is 5.14. The largest absolute Gasteiger partial charge is 0.478 e. The van der Waals surface area contributed by atoms with Crippen molar-refractivity contribution >= 4 is 35.0 Å². The second kappa shape index (κ2) is 5.58. The third-order valence-electron chi connectivity index (χ3n) is 1.46. The van der Waals surface area contributed by atoms with E-state index in [-0.39, 0.29) is 34.2 Å². The first-order valence-electron chi connectivity index (χ1n) is 3.35. The first kappa shape index (κ1) is 12.9. The maximum atomic E-state index is 10.8. The number of hydrogen-bond donors (Lipinski definition) is 2. The van der Waals surface area contributed by atoms with E-state index >= 15 is 0 Å². The van der Waals surface area contributed by atoms with Gasteiger partial charge in [0.2, 0.25) is 0 Å². The van der Waals surface area contributed by atoms with Crippen molar-refractivity contribution in [2.75, 3.05) is 0 Å². The number of hydrogen-bond acceptors (Lipinski definition) is 4. The van der Waals surface area contributed by atoms with Crippen LogP contribution in [-0.4, -0.2) is 45.4 Å². The quantitative estimate of drug-likeness (QED) is 0.409. The Morgan fingerprint density at radius 3 is 2.07 bits per heavy atom. The minimum absolute atomic E-state index is 0. The zero-order valence-electron chi connectivity index (χ0n) is 6.43. The van der Waals surface area contributed by atoms with Gasteiger partial charge in [0.15, 0.2) is 0 Å². The fourth-order valence-electron chi connectivity index (χ4n) is 0.897. The molecular formula is C8H8MgO5. The highest BCUT2D eigenvalue weighted by molar-refractivity contribution is 6.02. The predicted molar refractivity (Wildman–Crippen MR) is 50.0 cm³/mol. The van der Waals surface area contributed by atoms with Crippen molar-refractivity contribution in [1.82, 2.24) is 0 Å². The molecule has 0 saturated carbocycles. The molecule has 0 heterocycles. The van der Waals surface area contributed by atoms with Gasteiger partial charge in [0.1, 0.15) is 0 Å². The second-order valence-corrected chi connectivity index (χ2v) is 2.23. The molecule has 1 rings (SSSR count). The zero-order valence-corrected chi connectivity index (χ0v) is 6.43. The maximum Gasteiger partial charge on any atom is 0.373 e. The molecule has 0 fully saturated rings. The third-order valence-corrected chi connectivity index (χ3v) is 1.46. The van der Waals surface area contributed by atoms with E-state index in [0.717, 1.165) is 0 Å².